The molecule has 0 saturated carbocycles. The van der Waals surface area contributed by atoms with E-state index in [2.05, 4.69) is 15.0 Å². The van der Waals surface area contributed by atoms with Gasteiger partial charge in [-0.2, -0.15) is 0 Å². The number of aromatic carboxylic acids is 1. The van der Waals surface area contributed by atoms with Crippen molar-refractivity contribution in [2.75, 3.05) is 6.26 Å². The third-order valence-corrected chi connectivity index (χ3v) is 3.37. The lowest BCUT2D eigenvalue weighted by atomic mass is 10.1. The molecule has 1 N–H and O–H groups in total. The second-order valence-corrected chi connectivity index (χ2v) is 4.68. The summed E-state index contributed by atoms with van der Waals surface area (Å²) in [7, 11) is 0. The fourth-order valence-electron chi connectivity index (χ4n) is 1.99. The Bertz CT molecular complexity index is 804. The van der Waals surface area contributed by atoms with Gasteiger partial charge < -0.3 is 5.11 Å². The first-order chi connectivity index (χ1) is 9.20. The van der Waals surface area contributed by atoms with Crippen molar-refractivity contribution in [1.82, 2.24) is 15.0 Å². The monoisotopic (exact) mass is 271 g/mol. The van der Waals surface area contributed by atoms with Crippen LogP contribution in [-0.4, -0.2) is 32.3 Å². The van der Waals surface area contributed by atoms with Gasteiger partial charge in [-0.05, 0) is 12.3 Å². The molecule has 0 spiro atoms. The van der Waals surface area contributed by atoms with Gasteiger partial charge in [0.25, 0.3) is 0 Å². The number of fused-ring (bicyclic) bond motifs is 2. The normalized spacial score (nSPS) is 11.0. The van der Waals surface area contributed by atoms with Crippen LogP contribution in [-0.2, 0) is 0 Å². The standard InChI is InChI=1S/C13H9N3O2S/c1-19-13-14-6-8-10(12(17)18)7-4-2-3-5-9(7)15-11(8)16-13/h2-6H,1H3,(H,17,18). The quantitative estimate of drug-likeness (QED) is 0.438. The van der Waals surface area contributed by atoms with Crippen molar-refractivity contribution >= 4 is 39.7 Å². The highest BCUT2D eigenvalue weighted by Crippen LogP contribution is 2.25. The number of pyridine rings is 1. The van der Waals surface area contributed by atoms with E-state index in [0.29, 0.717) is 27.1 Å². The maximum atomic E-state index is 11.5. The van der Waals surface area contributed by atoms with Crippen LogP contribution in [0, 0.1) is 0 Å². The zero-order valence-corrected chi connectivity index (χ0v) is 10.8. The van der Waals surface area contributed by atoms with Crippen LogP contribution in [0.5, 0.6) is 0 Å². The van der Waals surface area contributed by atoms with Crippen LogP contribution < -0.4 is 0 Å². The number of carboxylic acid groups (broad SMARTS) is 1. The van der Waals surface area contributed by atoms with Crippen LogP contribution in [0.2, 0.25) is 0 Å². The first kappa shape index (κ1) is 11.9. The number of nitrogens with zero attached hydrogens (tertiary/aromatic N) is 3. The highest BCUT2D eigenvalue weighted by Gasteiger charge is 2.16. The minimum atomic E-state index is -0.996. The lowest BCUT2D eigenvalue weighted by Crippen LogP contribution is -2.02. The molecule has 94 valence electrons. The summed E-state index contributed by atoms with van der Waals surface area (Å²) >= 11 is 1.39. The molecule has 3 aromatic rings. The molecule has 19 heavy (non-hydrogen) atoms. The van der Waals surface area contributed by atoms with Gasteiger partial charge in [-0.3, -0.25) is 0 Å². The topological polar surface area (TPSA) is 76.0 Å². The van der Waals surface area contributed by atoms with E-state index in [1.807, 2.05) is 12.3 Å². The number of para-hydroxylation sites is 1. The number of hydrogen-bond donors (Lipinski definition) is 1. The highest BCUT2D eigenvalue weighted by molar-refractivity contribution is 7.98. The zero-order valence-electron chi connectivity index (χ0n) is 9.99. The summed E-state index contributed by atoms with van der Waals surface area (Å²) in [4.78, 5) is 24.3. The number of carbonyl (C=O) groups is 1. The second-order valence-electron chi connectivity index (χ2n) is 3.90. The molecule has 1 aromatic carbocycles. The minimum Gasteiger partial charge on any atom is -0.478 e. The maximum Gasteiger partial charge on any atom is 0.337 e. The largest absolute Gasteiger partial charge is 0.478 e. The molecule has 0 bridgehead atoms. The van der Waals surface area contributed by atoms with Crippen molar-refractivity contribution in [3.05, 3.63) is 36.0 Å². The Morgan fingerprint density at radius 2 is 2.00 bits per heavy atom. The third kappa shape index (κ3) is 1.90. The van der Waals surface area contributed by atoms with Gasteiger partial charge in [-0.15, -0.1) is 0 Å². The molecule has 0 fully saturated rings. The molecular formula is C13H9N3O2S. The summed E-state index contributed by atoms with van der Waals surface area (Å²) in [6.07, 6.45) is 3.39. The first-order valence-electron chi connectivity index (χ1n) is 5.53. The lowest BCUT2D eigenvalue weighted by Gasteiger charge is -2.06. The fraction of sp³-hybridized carbons (Fsp3) is 0.0769. The number of thioether (sulfide) groups is 1. The summed E-state index contributed by atoms with van der Waals surface area (Å²) in [5.41, 5.74) is 1.24. The third-order valence-electron chi connectivity index (χ3n) is 2.81. The molecule has 0 radical (unpaired) electrons. The van der Waals surface area contributed by atoms with Gasteiger partial charge in [0.15, 0.2) is 10.8 Å². The molecule has 2 aromatic heterocycles. The van der Waals surface area contributed by atoms with Crippen molar-refractivity contribution < 1.29 is 9.90 Å². The predicted molar refractivity (Wildman–Crippen MR) is 73.6 cm³/mol. The molecular weight excluding hydrogens is 262 g/mol. The smallest absolute Gasteiger partial charge is 0.337 e. The van der Waals surface area contributed by atoms with Crippen LogP contribution in [0.4, 0.5) is 0 Å². The summed E-state index contributed by atoms with van der Waals surface area (Å²) < 4.78 is 0. The van der Waals surface area contributed by atoms with Crippen LogP contribution in [0.1, 0.15) is 10.4 Å². The van der Waals surface area contributed by atoms with Crippen molar-refractivity contribution in [3.8, 4) is 0 Å². The van der Waals surface area contributed by atoms with Crippen molar-refractivity contribution in [1.29, 1.82) is 0 Å². The zero-order chi connectivity index (χ0) is 13.4. The minimum absolute atomic E-state index is 0.202. The molecule has 2 heterocycles. The van der Waals surface area contributed by atoms with Crippen molar-refractivity contribution in [2.24, 2.45) is 0 Å². The Labute approximate surface area is 112 Å². The molecule has 3 rings (SSSR count). The van der Waals surface area contributed by atoms with Gasteiger partial charge in [0.05, 0.1) is 16.5 Å². The molecule has 0 unspecified atom stereocenters. The van der Waals surface area contributed by atoms with E-state index >= 15 is 0 Å². The highest BCUT2D eigenvalue weighted by atomic mass is 32.2. The number of carboxylic acids is 1. The molecule has 0 saturated heterocycles. The summed E-state index contributed by atoms with van der Waals surface area (Å²) in [6.45, 7) is 0. The predicted octanol–water partition coefficient (Wildman–Crippen LogP) is 2.60. The van der Waals surface area contributed by atoms with Crippen molar-refractivity contribution in [3.63, 3.8) is 0 Å². The van der Waals surface area contributed by atoms with Gasteiger partial charge in [0, 0.05) is 11.6 Å². The van der Waals surface area contributed by atoms with Gasteiger partial charge in [0.1, 0.15) is 0 Å². The summed E-state index contributed by atoms with van der Waals surface area (Å²) in [5, 5.41) is 11.1. The summed E-state index contributed by atoms with van der Waals surface area (Å²) in [6, 6.07) is 7.14. The molecule has 0 amide bonds. The number of rotatable bonds is 2. The van der Waals surface area contributed by atoms with E-state index < -0.39 is 5.97 Å². The Balaban J connectivity index is 2.50. The SMILES string of the molecule is CSc1ncc2c(C(=O)O)c3ccccc3nc2n1. The Morgan fingerprint density at radius 1 is 1.21 bits per heavy atom. The van der Waals surface area contributed by atoms with Crippen LogP contribution in [0.15, 0.2) is 35.6 Å². The van der Waals surface area contributed by atoms with Gasteiger partial charge in [-0.1, -0.05) is 30.0 Å². The first-order valence-corrected chi connectivity index (χ1v) is 6.76. The Morgan fingerprint density at radius 3 is 2.74 bits per heavy atom. The number of hydrogen-bond acceptors (Lipinski definition) is 5. The van der Waals surface area contributed by atoms with Crippen LogP contribution >= 0.6 is 11.8 Å². The Kier molecular flexibility index (Phi) is 2.79. The molecule has 5 nitrogen and oxygen atoms in total. The van der Waals surface area contributed by atoms with Crippen LogP contribution in [0.3, 0.4) is 0 Å². The van der Waals surface area contributed by atoms with E-state index in [0.717, 1.165) is 0 Å². The number of aromatic nitrogens is 3. The van der Waals surface area contributed by atoms with Crippen molar-refractivity contribution in [2.45, 2.75) is 5.16 Å². The van der Waals surface area contributed by atoms with E-state index in [9.17, 15) is 9.90 Å². The van der Waals surface area contributed by atoms with E-state index in [4.69, 9.17) is 0 Å². The molecule has 0 aliphatic rings. The van der Waals surface area contributed by atoms with Crippen LogP contribution in [0.25, 0.3) is 21.9 Å². The average Bonchev–Trinajstić information content (AvgIpc) is 2.43. The number of benzene rings is 1. The van der Waals surface area contributed by atoms with Gasteiger partial charge >= 0.3 is 5.97 Å². The molecule has 0 aliphatic heterocycles. The Hall–Kier alpha value is -2.21. The van der Waals surface area contributed by atoms with Gasteiger partial charge in [0.2, 0.25) is 0 Å². The summed E-state index contributed by atoms with van der Waals surface area (Å²) in [5.74, 6) is -0.996. The van der Waals surface area contributed by atoms with E-state index in [1.54, 1.807) is 18.2 Å². The van der Waals surface area contributed by atoms with E-state index in [-0.39, 0.29) is 5.56 Å². The maximum absolute atomic E-state index is 11.5. The fourth-order valence-corrected chi connectivity index (χ4v) is 2.33. The molecule has 0 aliphatic carbocycles. The molecule has 0 atom stereocenters. The lowest BCUT2D eigenvalue weighted by molar-refractivity contribution is 0.0701. The average molecular weight is 271 g/mol. The van der Waals surface area contributed by atoms with Gasteiger partial charge in [-0.25, -0.2) is 19.7 Å². The molecule has 6 heteroatoms. The van der Waals surface area contributed by atoms with E-state index in [1.165, 1.54) is 18.0 Å². The second kappa shape index (κ2) is 4.47.